The molecule has 0 bridgehead atoms. The zero-order valence-electron chi connectivity index (χ0n) is 11.1. The molecule has 4 nitrogen and oxygen atoms in total. The van der Waals surface area contributed by atoms with Gasteiger partial charge in [-0.1, -0.05) is 0 Å². The Labute approximate surface area is 112 Å². The minimum atomic E-state index is -0.301. The van der Waals surface area contributed by atoms with E-state index in [2.05, 4.69) is 4.98 Å². The van der Waals surface area contributed by atoms with Crippen molar-refractivity contribution in [2.24, 2.45) is 5.73 Å². The van der Waals surface area contributed by atoms with E-state index in [9.17, 15) is 4.39 Å². The first-order valence-electron chi connectivity index (χ1n) is 6.23. The van der Waals surface area contributed by atoms with Crippen LogP contribution < -0.4 is 10.5 Å². The number of hydrogen-bond donors (Lipinski definition) is 1. The third-order valence-corrected chi connectivity index (χ3v) is 2.98. The van der Waals surface area contributed by atoms with E-state index in [1.807, 2.05) is 24.6 Å². The van der Waals surface area contributed by atoms with Crippen molar-refractivity contribution in [1.29, 1.82) is 0 Å². The first kappa shape index (κ1) is 13.5. The Bertz CT molecular complexity index is 551. The summed E-state index contributed by atoms with van der Waals surface area (Å²) in [4.78, 5) is 4.14. The lowest BCUT2D eigenvalue weighted by atomic mass is 10.1. The van der Waals surface area contributed by atoms with E-state index in [1.165, 1.54) is 12.1 Å². The van der Waals surface area contributed by atoms with E-state index < -0.39 is 0 Å². The molecular formula is C14H18FN3O. The number of nitrogens with two attached hydrogens (primary N) is 1. The molecule has 2 N–H and O–H groups in total. The summed E-state index contributed by atoms with van der Waals surface area (Å²) < 4.78 is 20.9. The molecule has 0 saturated carbocycles. The Kier molecular flexibility index (Phi) is 4.16. The summed E-state index contributed by atoms with van der Waals surface area (Å²) in [6.07, 6.45) is 3.65. The van der Waals surface area contributed by atoms with Crippen LogP contribution in [0.5, 0.6) is 5.75 Å². The number of aryl methyl sites for hydroxylation is 1. The molecule has 5 heteroatoms. The Morgan fingerprint density at radius 1 is 1.47 bits per heavy atom. The van der Waals surface area contributed by atoms with Gasteiger partial charge in [-0.05, 0) is 32.0 Å². The second-order valence-corrected chi connectivity index (χ2v) is 4.49. The standard InChI is InChI=1S/C14H18FN3O/c1-10(16)13-9-12(15)3-4-14(13)19-8-7-18-6-5-17-11(18)2/h3-6,9-10H,7-8,16H2,1-2H3/t10-/m0/s1. The molecule has 0 saturated heterocycles. The fourth-order valence-electron chi connectivity index (χ4n) is 1.90. The summed E-state index contributed by atoms with van der Waals surface area (Å²) in [5.41, 5.74) is 6.49. The minimum Gasteiger partial charge on any atom is -0.491 e. The molecular weight excluding hydrogens is 245 g/mol. The molecule has 0 unspecified atom stereocenters. The van der Waals surface area contributed by atoms with Gasteiger partial charge in [-0.2, -0.15) is 0 Å². The SMILES string of the molecule is Cc1nccn1CCOc1ccc(F)cc1[C@H](C)N. The van der Waals surface area contributed by atoms with Gasteiger partial charge in [0.15, 0.2) is 0 Å². The number of nitrogens with zero attached hydrogens (tertiary/aromatic N) is 2. The quantitative estimate of drug-likeness (QED) is 0.901. The number of imidazole rings is 1. The minimum absolute atomic E-state index is 0.263. The average molecular weight is 263 g/mol. The van der Waals surface area contributed by atoms with Gasteiger partial charge in [0, 0.05) is 24.0 Å². The average Bonchev–Trinajstić information content (AvgIpc) is 2.77. The Balaban J connectivity index is 2.01. The van der Waals surface area contributed by atoms with E-state index in [4.69, 9.17) is 10.5 Å². The molecule has 0 amide bonds. The summed E-state index contributed by atoms with van der Waals surface area (Å²) in [5.74, 6) is 1.27. The highest BCUT2D eigenvalue weighted by Crippen LogP contribution is 2.24. The van der Waals surface area contributed by atoms with Crippen LogP contribution in [-0.2, 0) is 6.54 Å². The van der Waals surface area contributed by atoms with Crippen molar-refractivity contribution >= 4 is 0 Å². The van der Waals surface area contributed by atoms with Crippen LogP contribution in [0.15, 0.2) is 30.6 Å². The highest BCUT2D eigenvalue weighted by Gasteiger charge is 2.09. The van der Waals surface area contributed by atoms with Gasteiger partial charge >= 0.3 is 0 Å². The van der Waals surface area contributed by atoms with Gasteiger partial charge < -0.3 is 15.0 Å². The lowest BCUT2D eigenvalue weighted by Crippen LogP contribution is -2.12. The maximum atomic E-state index is 13.2. The Hall–Kier alpha value is -1.88. The lowest BCUT2D eigenvalue weighted by Gasteiger charge is -2.14. The molecule has 0 spiro atoms. The maximum absolute atomic E-state index is 13.2. The highest BCUT2D eigenvalue weighted by molar-refractivity contribution is 5.36. The molecule has 0 radical (unpaired) electrons. The second kappa shape index (κ2) is 5.84. The predicted molar refractivity (Wildman–Crippen MR) is 71.5 cm³/mol. The number of ether oxygens (including phenoxy) is 1. The van der Waals surface area contributed by atoms with Crippen molar-refractivity contribution in [3.05, 3.63) is 47.8 Å². The summed E-state index contributed by atoms with van der Waals surface area (Å²) in [7, 11) is 0. The normalized spacial score (nSPS) is 12.4. The molecule has 0 fully saturated rings. The van der Waals surface area contributed by atoms with Crippen molar-refractivity contribution in [3.63, 3.8) is 0 Å². The van der Waals surface area contributed by atoms with Gasteiger partial charge in [0.2, 0.25) is 0 Å². The van der Waals surface area contributed by atoms with E-state index in [0.717, 1.165) is 5.82 Å². The van der Waals surface area contributed by atoms with Crippen LogP contribution in [-0.4, -0.2) is 16.2 Å². The molecule has 0 aliphatic heterocycles. The topological polar surface area (TPSA) is 53.1 Å². The van der Waals surface area contributed by atoms with Gasteiger partial charge in [0.1, 0.15) is 24.0 Å². The maximum Gasteiger partial charge on any atom is 0.124 e. The molecule has 2 rings (SSSR count). The summed E-state index contributed by atoms with van der Waals surface area (Å²) in [5, 5.41) is 0. The molecule has 1 aromatic carbocycles. The zero-order chi connectivity index (χ0) is 13.8. The van der Waals surface area contributed by atoms with Crippen LogP contribution >= 0.6 is 0 Å². The molecule has 19 heavy (non-hydrogen) atoms. The van der Waals surface area contributed by atoms with Gasteiger partial charge in [-0.3, -0.25) is 0 Å². The molecule has 102 valence electrons. The van der Waals surface area contributed by atoms with Gasteiger partial charge in [0.05, 0.1) is 6.54 Å². The van der Waals surface area contributed by atoms with Gasteiger partial charge in [-0.15, -0.1) is 0 Å². The van der Waals surface area contributed by atoms with Crippen LogP contribution in [0.4, 0.5) is 4.39 Å². The lowest BCUT2D eigenvalue weighted by molar-refractivity contribution is 0.292. The van der Waals surface area contributed by atoms with Gasteiger partial charge in [-0.25, -0.2) is 9.37 Å². The number of aromatic nitrogens is 2. The predicted octanol–water partition coefficient (Wildman–Crippen LogP) is 2.43. The first-order valence-corrected chi connectivity index (χ1v) is 6.23. The van der Waals surface area contributed by atoms with Crippen molar-refractivity contribution in [2.45, 2.75) is 26.4 Å². The van der Waals surface area contributed by atoms with E-state index in [1.54, 1.807) is 12.3 Å². The second-order valence-electron chi connectivity index (χ2n) is 4.49. The van der Waals surface area contributed by atoms with Crippen molar-refractivity contribution in [1.82, 2.24) is 9.55 Å². The fourth-order valence-corrected chi connectivity index (χ4v) is 1.90. The molecule has 2 aromatic rings. The number of benzene rings is 1. The first-order chi connectivity index (χ1) is 9.08. The molecule has 0 aliphatic rings. The van der Waals surface area contributed by atoms with E-state index in [-0.39, 0.29) is 11.9 Å². The molecule has 1 atom stereocenters. The van der Waals surface area contributed by atoms with Crippen LogP contribution in [0.25, 0.3) is 0 Å². The molecule has 0 aliphatic carbocycles. The largest absolute Gasteiger partial charge is 0.491 e. The van der Waals surface area contributed by atoms with Crippen LogP contribution in [0.2, 0.25) is 0 Å². The monoisotopic (exact) mass is 263 g/mol. The van der Waals surface area contributed by atoms with E-state index in [0.29, 0.717) is 24.5 Å². The third-order valence-electron chi connectivity index (χ3n) is 2.98. The Morgan fingerprint density at radius 2 is 2.26 bits per heavy atom. The number of rotatable bonds is 5. The zero-order valence-corrected chi connectivity index (χ0v) is 11.1. The van der Waals surface area contributed by atoms with Crippen LogP contribution in [0.1, 0.15) is 24.4 Å². The third kappa shape index (κ3) is 3.32. The van der Waals surface area contributed by atoms with Crippen LogP contribution in [0, 0.1) is 12.7 Å². The fraction of sp³-hybridized carbons (Fsp3) is 0.357. The Morgan fingerprint density at radius 3 is 2.89 bits per heavy atom. The van der Waals surface area contributed by atoms with Crippen molar-refractivity contribution < 1.29 is 9.13 Å². The number of hydrogen-bond acceptors (Lipinski definition) is 3. The summed E-state index contributed by atoms with van der Waals surface area (Å²) >= 11 is 0. The highest BCUT2D eigenvalue weighted by atomic mass is 19.1. The summed E-state index contributed by atoms with van der Waals surface area (Å²) in [6, 6.07) is 4.15. The molecule has 1 heterocycles. The van der Waals surface area contributed by atoms with Gasteiger partial charge in [0.25, 0.3) is 0 Å². The smallest absolute Gasteiger partial charge is 0.124 e. The van der Waals surface area contributed by atoms with Crippen molar-refractivity contribution in [3.8, 4) is 5.75 Å². The van der Waals surface area contributed by atoms with Crippen LogP contribution in [0.3, 0.4) is 0 Å². The van der Waals surface area contributed by atoms with Crippen molar-refractivity contribution in [2.75, 3.05) is 6.61 Å². The van der Waals surface area contributed by atoms with E-state index >= 15 is 0 Å². The number of halogens is 1. The summed E-state index contributed by atoms with van der Waals surface area (Å²) in [6.45, 7) is 4.93. The molecule has 1 aromatic heterocycles.